The van der Waals surface area contributed by atoms with Crippen molar-refractivity contribution in [3.8, 4) is 0 Å². The summed E-state index contributed by atoms with van der Waals surface area (Å²) < 4.78 is 5.60. The van der Waals surface area contributed by atoms with Gasteiger partial charge in [0, 0.05) is 26.2 Å². The average molecular weight is 249 g/mol. The fourth-order valence-electron chi connectivity index (χ4n) is 2.28. The van der Waals surface area contributed by atoms with E-state index < -0.39 is 5.97 Å². The summed E-state index contributed by atoms with van der Waals surface area (Å²) in [4.78, 5) is 13.2. The lowest BCUT2D eigenvalue weighted by molar-refractivity contribution is 0.0665. The first kappa shape index (κ1) is 13.1. The van der Waals surface area contributed by atoms with Gasteiger partial charge in [0.05, 0.1) is 11.7 Å². The summed E-state index contributed by atoms with van der Waals surface area (Å²) in [5, 5.41) is 8.97. The Morgan fingerprint density at radius 3 is 3.17 bits per heavy atom. The molecule has 0 spiro atoms. The Hall–Kier alpha value is -1.39. The number of carboxylic acids is 1. The summed E-state index contributed by atoms with van der Waals surface area (Å²) in [6.45, 7) is 5.58. The predicted molar refractivity (Wildman–Crippen MR) is 68.7 cm³/mol. The molecule has 1 aromatic carbocycles. The summed E-state index contributed by atoms with van der Waals surface area (Å²) in [6, 6.07) is 7.15. The molecule has 1 aromatic rings. The summed E-state index contributed by atoms with van der Waals surface area (Å²) in [7, 11) is 0. The highest BCUT2D eigenvalue weighted by Crippen LogP contribution is 2.12. The topological polar surface area (TPSA) is 49.8 Å². The first-order valence-electron chi connectivity index (χ1n) is 6.31. The van der Waals surface area contributed by atoms with Gasteiger partial charge in [0.1, 0.15) is 0 Å². The molecule has 4 nitrogen and oxygen atoms in total. The zero-order valence-electron chi connectivity index (χ0n) is 10.6. The first-order valence-corrected chi connectivity index (χ1v) is 6.31. The van der Waals surface area contributed by atoms with Crippen molar-refractivity contribution in [1.82, 2.24) is 4.90 Å². The largest absolute Gasteiger partial charge is 0.478 e. The second-order valence-electron chi connectivity index (χ2n) is 4.78. The van der Waals surface area contributed by atoms with Gasteiger partial charge in [0.2, 0.25) is 0 Å². The van der Waals surface area contributed by atoms with Crippen molar-refractivity contribution in [2.75, 3.05) is 19.7 Å². The fourth-order valence-corrected chi connectivity index (χ4v) is 2.28. The number of hydrogen-bond donors (Lipinski definition) is 1. The van der Waals surface area contributed by atoms with E-state index in [0.29, 0.717) is 5.56 Å². The summed E-state index contributed by atoms with van der Waals surface area (Å²) >= 11 is 0. The molecule has 18 heavy (non-hydrogen) atoms. The summed E-state index contributed by atoms with van der Waals surface area (Å²) in [6.07, 6.45) is 1.28. The molecule has 0 aliphatic carbocycles. The zero-order chi connectivity index (χ0) is 13.0. The standard InChI is InChI=1S/C14H19NO3/c1-11-9-15(6-3-7-18-11)10-12-4-2-5-13(8-12)14(16)17/h2,4-5,8,11H,3,6-7,9-10H2,1H3,(H,16,17). The molecule has 1 atom stereocenters. The van der Waals surface area contributed by atoms with Gasteiger partial charge in [0.15, 0.2) is 0 Å². The van der Waals surface area contributed by atoms with Crippen molar-refractivity contribution >= 4 is 5.97 Å². The maximum absolute atomic E-state index is 10.9. The Kier molecular flexibility index (Phi) is 4.33. The maximum Gasteiger partial charge on any atom is 0.335 e. The van der Waals surface area contributed by atoms with Crippen LogP contribution in [-0.4, -0.2) is 41.8 Å². The van der Waals surface area contributed by atoms with Crippen LogP contribution in [-0.2, 0) is 11.3 Å². The van der Waals surface area contributed by atoms with Gasteiger partial charge in [-0.3, -0.25) is 4.90 Å². The van der Waals surface area contributed by atoms with Gasteiger partial charge < -0.3 is 9.84 Å². The fraction of sp³-hybridized carbons (Fsp3) is 0.500. The second-order valence-corrected chi connectivity index (χ2v) is 4.78. The van der Waals surface area contributed by atoms with E-state index in [1.165, 1.54) is 0 Å². The van der Waals surface area contributed by atoms with Crippen molar-refractivity contribution < 1.29 is 14.6 Å². The Labute approximate surface area is 107 Å². The first-order chi connectivity index (χ1) is 8.65. The third kappa shape index (κ3) is 3.55. The van der Waals surface area contributed by atoms with Crippen LogP contribution in [0.2, 0.25) is 0 Å². The number of aromatic carboxylic acids is 1. The van der Waals surface area contributed by atoms with Crippen LogP contribution in [0.5, 0.6) is 0 Å². The molecule has 1 aliphatic rings. The van der Waals surface area contributed by atoms with Gasteiger partial charge >= 0.3 is 5.97 Å². The molecule has 0 aromatic heterocycles. The van der Waals surface area contributed by atoms with Crippen molar-refractivity contribution in [1.29, 1.82) is 0 Å². The van der Waals surface area contributed by atoms with Crippen molar-refractivity contribution in [3.63, 3.8) is 0 Å². The maximum atomic E-state index is 10.9. The monoisotopic (exact) mass is 249 g/mol. The van der Waals surface area contributed by atoms with E-state index >= 15 is 0 Å². The third-order valence-electron chi connectivity index (χ3n) is 3.12. The molecule has 1 fully saturated rings. The van der Waals surface area contributed by atoms with Crippen LogP contribution >= 0.6 is 0 Å². The smallest absolute Gasteiger partial charge is 0.335 e. The minimum Gasteiger partial charge on any atom is -0.478 e. The SMILES string of the molecule is CC1CN(Cc2cccc(C(=O)O)c2)CCCO1. The molecule has 98 valence electrons. The van der Waals surface area contributed by atoms with E-state index in [2.05, 4.69) is 11.8 Å². The number of ether oxygens (including phenoxy) is 1. The van der Waals surface area contributed by atoms with E-state index in [1.807, 2.05) is 6.07 Å². The van der Waals surface area contributed by atoms with Gasteiger partial charge in [0.25, 0.3) is 0 Å². The quantitative estimate of drug-likeness (QED) is 0.890. The number of carboxylic acid groups (broad SMARTS) is 1. The Bertz CT molecular complexity index is 419. The molecule has 2 rings (SSSR count). The van der Waals surface area contributed by atoms with E-state index in [0.717, 1.165) is 38.2 Å². The number of benzene rings is 1. The van der Waals surface area contributed by atoms with Crippen LogP contribution in [0.1, 0.15) is 29.3 Å². The lowest BCUT2D eigenvalue weighted by Crippen LogP contribution is -2.29. The Balaban J connectivity index is 2.03. The minimum absolute atomic E-state index is 0.246. The lowest BCUT2D eigenvalue weighted by atomic mass is 10.1. The van der Waals surface area contributed by atoms with Crippen LogP contribution in [0.25, 0.3) is 0 Å². The minimum atomic E-state index is -0.871. The van der Waals surface area contributed by atoms with Gasteiger partial charge in [-0.05, 0) is 31.0 Å². The van der Waals surface area contributed by atoms with Gasteiger partial charge in [-0.2, -0.15) is 0 Å². The third-order valence-corrected chi connectivity index (χ3v) is 3.12. The van der Waals surface area contributed by atoms with Crippen LogP contribution in [0.3, 0.4) is 0 Å². The number of carbonyl (C=O) groups is 1. The second kappa shape index (κ2) is 5.98. The van der Waals surface area contributed by atoms with Crippen LogP contribution in [0.4, 0.5) is 0 Å². The normalized spacial score (nSPS) is 21.5. The number of rotatable bonds is 3. The zero-order valence-corrected chi connectivity index (χ0v) is 10.6. The molecule has 4 heteroatoms. The van der Waals surface area contributed by atoms with Gasteiger partial charge in [-0.15, -0.1) is 0 Å². The molecule has 1 N–H and O–H groups in total. The highest BCUT2D eigenvalue weighted by molar-refractivity contribution is 5.87. The van der Waals surface area contributed by atoms with Crippen LogP contribution in [0, 0.1) is 0 Å². The molecular formula is C14H19NO3. The van der Waals surface area contributed by atoms with Gasteiger partial charge in [-0.1, -0.05) is 12.1 Å². The molecule has 1 heterocycles. The van der Waals surface area contributed by atoms with Crippen LogP contribution < -0.4 is 0 Å². The molecular weight excluding hydrogens is 230 g/mol. The van der Waals surface area contributed by atoms with E-state index in [4.69, 9.17) is 9.84 Å². The highest BCUT2D eigenvalue weighted by atomic mass is 16.5. The van der Waals surface area contributed by atoms with Crippen molar-refractivity contribution in [2.45, 2.75) is 26.0 Å². The molecule has 0 saturated carbocycles. The molecule has 0 amide bonds. The molecule has 1 saturated heterocycles. The number of hydrogen-bond acceptors (Lipinski definition) is 3. The molecule has 0 radical (unpaired) electrons. The summed E-state index contributed by atoms with van der Waals surface area (Å²) in [5.74, 6) is -0.871. The average Bonchev–Trinajstić information content (AvgIpc) is 2.54. The summed E-state index contributed by atoms with van der Waals surface area (Å²) in [5.41, 5.74) is 1.40. The predicted octanol–water partition coefficient (Wildman–Crippen LogP) is 2.00. The van der Waals surface area contributed by atoms with E-state index in [-0.39, 0.29) is 6.10 Å². The van der Waals surface area contributed by atoms with Crippen molar-refractivity contribution in [2.24, 2.45) is 0 Å². The lowest BCUT2D eigenvalue weighted by Gasteiger charge is -2.21. The van der Waals surface area contributed by atoms with Gasteiger partial charge in [-0.25, -0.2) is 4.79 Å². The Morgan fingerprint density at radius 1 is 1.56 bits per heavy atom. The van der Waals surface area contributed by atoms with Crippen molar-refractivity contribution in [3.05, 3.63) is 35.4 Å². The molecule has 1 unspecified atom stereocenters. The number of nitrogens with zero attached hydrogens (tertiary/aromatic N) is 1. The highest BCUT2D eigenvalue weighted by Gasteiger charge is 2.15. The molecule has 1 aliphatic heterocycles. The molecule has 0 bridgehead atoms. The van der Waals surface area contributed by atoms with Crippen LogP contribution in [0.15, 0.2) is 24.3 Å². The van der Waals surface area contributed by atoms with E-state index in [9.17, 15) is 4.79 Å². The Morgan fingerprint density at radius 2 is 2.39 bits per heavy atom. The van der Waals surface area contributed by atoms with E-state index in [1.54, 1.807) is 18.2 Å².